The van der Waals surface area contributed by atoms with Gasteiger partial charge in [-0.2, -0.15) is 0 Å². The molecular weight excluding hydrogens is 268 g/mol. The quantitative estimate of drug-likeness (QED) is 0.603. The van der Waals surface area contributed by atoms with E-state index < -0.39 is 5.60 Å². The maximum atomic E-state index is 12.3. The molecule has 0 aromatic carbocycles. The maximum Gasteiger partial charge on any atom is 0.221 e. The normalized spacial score (nSPS) is 22.7. The van der Waals surface area contributed by atoms with Gasteiger partial charge in [0.25, 0.3) is 0 Å². The number of carbonyl (C=O) groups is 2. The second-order valence-corrected chi connectivity index (χ2v) is 6.03. The fraction of sp³-hybridized carbons (Fsp3) is 0.875. The van der Waals surface area contributed by atoms with Crippen LogP contribution in [0.15, 0.2) is 0 Å². The van der Waals surface area contributed by atoms with E-state index in [0.717, 1.165) is 12.8 Å². The zero-order valence-corrected chi connectivity index (χ0v) is 13.7. The number of ketones is 1. The summed E-state index contributed by atoms with van der Waals surface area (Å²) < 4.78 is 0. The van der Waals surface area contributed by atoms with Crippen LogP contribution in [-0.2, 0) is 9.59 Å². The Labute approximate surface area is 127 Å². The second-order valence-electron chi connectivity index (χ2n) is 6.03. The van der Waals surface area contributed by atoms with Gasteiger partial charge in [-0.25, -0.2) is 0 Å². The van der Waals surface area contributed by atoms with Crippen molar-refractivity contribution in [2.45, 2.75) is 89.9 Å². The van der Waals surface area contributed by atoms with Gasteiger partial charge >= 0.3 is 0 Å². The van der Waals surface area contributed by atoms with Crippen LogP contribution in [0, 0.1) is 0 Å². The predicted octanol–water partition coefficient (Wildman–Crippen LogP) is 1.53. The van der Waals surface area contributed by atoms with Crippen molar-refractivity contribution in [3.8, 4) is 0 Å². The highest BCUT2D eigenvalue weighted by Crippen LogP contribution is 2.22. The second kappa shape index (κ2) is 7.90. The minimum Gasteiger partial charge on any atom is -0.382 e. The standard InChI is InChI=1S/C16H30N2O3/c1-5-11(6-2)17-13-10-15(20)18-12(13)9-14(19)16(21,7-3)8-4/h11-13,17,21H,5-10H2,1-4H3,(H,18,20). The van der Waals surface area contributed by atoms with Crippen LogP contribution in [-0.4, -0.2) is 40.5 Å². The lowest BCUT2D eigenvalue weighted by Gasteiger charge is -2.28. The smallest absolute Gasteiger partial charge is 0.221 e. The molecular formula is C16H30N2O3. The highest BCUT2D eigenvalue weighted by atomic mass is 16.3. The van der Waals surface area contributed by atoms with Crippen LogP contribution < -0.4 is 10.6 Å². The molecule has 2 atom stereocenters. The van der Waals surface area contributed by atoms with Gasteiger partial charge in [-0.3, -0.25) is 9.59 Å². The molecule has 2 unspecified atom stereocenters. The summed E-state index contributed by atoms with van der Waals surface area (Å²) in [6, 6.07) is 0.121. The van der Waals surface area contributed by atoms with Gasteiger partial charge in [-0.1, -0.05) is 27.7 Å². The summed E-state index contributed by atoms with van der Waals surface area (Å²) >= 11 is 0. The molecule has 0 aliphatic carbocycles. The van der Waals surface area contributed by atoms with Gasteiger partial charge in [0.1, 0.15) is 5.60 Å². The third kappa shape index (κ3) is 4.51. The average molecular weight is 298 g/mol. The van der Waals surface area contributed by atoms with E-state index in [9.17, 15) is 14.7 Å². The third-order valence-corrected chi connectivity index (χ3v) is 4.77. The first kappa shape index (κ1) is 18.1. The number of nitrogens with one attached hydrogen (secondary N) is 2. The molecule has 3 N–H and O–H groups in total. The number of amides is 1. The lowest BCUT2D eigenvalue weighted by molar-refractivity contribution is -0.138. The Morgan fingerprint density at radius 3 is 2.38 bits per heavy atom. The van der Waals surface area contributed by atoms with Crippen LogP contribution in [0.5, 0.6) is 0 Å². The molecule has 1 aliphatic heterocycles. The van der Waals surface area contributed by atoms with Crippen LogP contribution in [0.3, 0.4) is 0 Å². The summed E-state index contributed by atoms with van der Waals surface area (Å²) in [5.41, 5.74) is -1.26. The number of Topliss-reactive ketones (excluding diaryl/α,β-unsaturated/α-hetero) is 1. The van der Waals surface area contributed by atoms with Crippen LogP contribution in [0.4, 0.5) is 0 Å². The largest absolute Gasteiger partial charge is 0.382 e. The summed E-state index contributed by atoms with van der Waals surface area (Å²) in [7, 11) is 0. The Kier molecular flexibility index (Phi) is 6.81. The van der Waals surface area contributed by atoms with Crippen molar-refractivity contribution in [2.75, 3.05) is 0 Å². The molecule has 1 heterocycles. The molecule has 122 valence electrons. The van der Waals surface area contributed by atoms with Crippen LogP contribution in [0.2, 0.25) is 0 Å². The van der Waals surface area contributed by atoms with Crippen LogP contribution >= 0.6 is 0 Å². The molecule has 0 bridgehead atoms. The van der Waals surface area contributed by atoms with E-state index >= 15 is 0 Å². The van der Waals surface area contributed by atoms with Crippen molar-refractivity contribution < 1.29 is 14.7 Å². The van der Waals surface area contributed by atoms with Gasteiger partial charge in [0.15, 0.2) is 5.78 Å². The SMILES string of the molecule is CCC(CC)NC1CC(=O)NC1CC(=O)C(O)(CC)CC. The van der Waals surface area contributed by atoms with Crippen molar-refractivity contribution in [3.05, 3.63) is 0 Å². The zero-order chi connectivity index (χ0) is 16.0. The maximum absolute atomic E-state index is 12.3. The zero-order valence-electron chi connectivity index (χ0n) is 13.7. The summed E-state index contributed by atoms with van der Waals surface area (Å²) in [6.45, 7) is 7.85. The molecule has 1 saturated heterocycles. The molecule has 0 saturated carbocycles. The Morgan fingerprint density at radius 1 is 1.33 bits per heavy atom. The molecule has 1 amide bonds. The van der Waals surface area contributed by atoms with E-state index in [4.69, 9.17) is 0 Å². The molecule has 1 aliphatic rings. The monoisotopic (exact) mass is 298 g/mol. The number of rotatable bonds is 9. The molecule has 0 radical (unpaired) electrons. The first-order chi connectivity index (χ1) is 9.89. The molecule has 1 fully saturated rings. The minimum atomic E-state index is -1.26. The third-order valence-electron chi connectivity index (χ3n) is 4.77. The lowest BCUT2D eigenvalue weighted by atomic mass is 9.87. The summed E-state index contributed by atoms with van der Waals surface area (Å²) in [5.74, 6) is -0.191. The highest BCUT2D eigenvalue weighted by molar-refractivity contribution is 5.89. The minimum absolute atomic E-state index is 0.0206. The molecule has 5 heteroatoms. The Balaban J connectivity index is 2.71. The Morgan fingerprint density at radius 2 is 1.90 bits per heavy atom. The Bertz CT molecular complexity index is 363. The van der Waals surface area contributed by atoms with Gasteiger partial charge < -0.3 is 15.7 Å². The topological polar surface area (TPSA) is 78.4 Å². The first-order valence-electron chi connectivity index (χ1n) is 8.21. The van der Waals surface area contributed by atoms with Crippen molar-refractivity contribution in [1.82, 2.24) is 10.6 Å². The fourth-order valence-electron chi connectivity index (χ4n) is 2.94. The molecule has 0 spiro atoms. The Hall–Kier alpha value is -0.940. The van der Waals surface area contributed by atoms with Crippen molar-refractivity contribution >= 4 is 11.7 Å². The van der Waals surface area contributed by atoms with Gasteiger partial charge in [-0.15, -0.1) is 0 Å². The number of carbonyl (C=O) groups excluding carboxylic acids is 2. The van der Waals surface area contributed by atoms with E-state index in [2.05, 4.69) is 24.5 Å². The van der Waals surface area contributed by atoms with E-state index in [1.54, 1.807) is 0 Å². The number of hydrogen-bond donors (Lipinski definition) is 3. The van der Waals surface area contributed by atoms with Crippen molar-refractivity contribution in [1.29, 1.82) is 0 Å². The van der Waals surface area contributed by atoms with Crippen molar-refractivity contribution in [3.63, 3.8) is 0 Å². The summed E-state index contributed by atoms with van der Waals surface area (Å²) in [5, 5.41) is 16.6. The van der Waals surface area contributed by atoms with Gasteiger partial charge in [-0.05, 0) is 25.7 Å². The number of hydrogen-bond acceptors (Lipinski definition) is 4. The van der Waals surface area contributed by atoms with Gasteiger partial charge in [0, 0.05) is 24.9 Å². The van der Waals surface area contributed by atoms with Gasteiger partial charge in [0.2, 0.25) is 5.91 Å². The molecule has 5 nitrogen and oxygen atoms in total. The van der Waals surface area contributed by atoms with E-state index in [-0.39, 0.29) is 30.2 Å². The molecule has 0 aromatic heterocycles. The average Bonchev–Trinajstić information content (AvgIpc) is 2.83. The lowest BCUT2D eigenvalue weighted by Crippen LogP contribution is -2.49. The molecule has 21 heavy (non-hydrogen) atoms. The van der Waals surface area contributed by atoms with Crippen LogP contribution in [0.1, 0.15) is 66.2 Å². The first-order valence-corrected chi connectivity index (χ1v) is 8.21. The number of aliphatic hydroxyl groups is 1. The van der Waals surface area contributed by atoms with E-state index in [1.165, 1.54) is 0 Å². The predicted molar refractivity (Wildman–Crippen MR) is 83.0 cm³/mol. The van der Waals surface area contributed by atoms with E-state index in [0.29, 0.717) is 25.3 Å². The molecule has 0 aromatic rings. The summed E-state index contributed by atoms with van der Waals surface area (Å²) in [6.07, 6.45) is 3.42. The van der Waals surface area contributed by atoms with Crippen molar-refractivity contribution in [2.24, 2.45) is 0 Å². The van der Waals surface area contributed by atoms with Gasteiger partial charge in [0.05, 0.1) is 6.04 Å². The molecule has 1 rings (SSSR count). The van der Waals surface area contributed by atoms with E-state index in [1.807, 2.05) is 13.8 Å². The highest BCUT2D eigenvalue weighted by Gasteiger charge is 2.39. The van der Waals surface area contributed by atoms with Crippen LogP contribution in [0.25, 0.3) is 0 Å². The fourth-order valence-corrected chi connectivity index (χ4v) is 2.94. The summed E-state index contributed by atoms with van der Waals surface area (Å²) in [4.78, 5) is 24.0.